The third-order valence-electron chi connectivity index (χ3n) is 5.62. The molecule has 0 unspecified atom stereocenters. The molecule has 5 heteroatoms. The molecule has 0 aliphatic heterocycles. The molecular weight excluding hydrogens is 631 g/mol. The minimum atomic E-state index is -2.16. The van der Waals surface area contributed by atoms with E-state index >= 15 is 0 Å². The predicted molar refractivity (Wildman–Crippen MR) is 148 cm³/mol. The molecule has 0 atom stereocenters. The van der Waals surface area contributed by atoms with Crippen molar-refractivity contribution in [1.82, 2.24) is 4.98 Å². The molecule has 5 aromatic rings. The van der Waals surface area contributed by atoms with Crippen LogP contribution in [-0.4, -0.2) is 25.2 Å². The maximum Gasteiger partial charge on any atom is -1.00 e. The van der Waals surface area contributed by atoms with Crippen LogP contribution in [0.25, 0.3) is 10.1 Å². The van der Waals surface area contributed by atoms with Gasteiger partial charge in [-0.25, -0.2) is 0 Å². The molecule has 0 aliphatic rings. The summed E-state index contributed by atoms with van der Waals surface area (Å²) in [5.41, 5.74) is 2.53. The fraction of sp³-hybridized carbons (Fsp3) is 0.0690. The van der Waals surface area contributed by atoms with Gasteiger partial charge in [0.15, 0.2) is 0 Å². The van der Waals surface area contributed by atoms with Crippen molar-refractivity contribution in [2.24, 2.45) is 0 Å². The molecule has 5 rings (SSSR count). The number of aromatic nitrogens is 1. The molecule has 0 N–H and O–H groups in total. The van der Waals surface area contributed by atoms with Crippen LogP contribution in [0, 0.1) is 0 Å². The summed E-state index contributed by atoms with van der Waals surface area (Å²) in [7, 11) is -2.16. The van der Waals surface area contributed by atoms with Gasteiger partial charge in [0, 0.05) is 0 Å². The molecule has 0 spiro atoms. The summed E-state index contributed by atoms with van der Waals surface area (Å²) >= 11 is 2.17. The van der Waals surface area contributed by atoms with Gasteiger partial charge in [0.2, 0.25) is 0 Å². The van der Waals surface area contributed by atoms with Crippen molar-refractivity contribution in [3.8, 4) is 10.1 Å². The van der Waals surface area contributed by atoms with Crippen molar-refractivity contribution in [1.29, 1.82) is 0 Å². The molecule has 0 saturated carbocycles. The zero-order valence-electron chi connectivity index (χ0n) is 18.8. The number of thioether (sulfide) groups is 1. The number of hydrogen-bond acceptors (Lipinski definition) is 2. The fourth-order valence-corrected chi connectivity index (χ4v) is 13.6. The van der Waals surface area contributed by atoms with E-state index in [0.29, 0.717) is 0 Å². The molecule has 1 aromatic heterocycles. The van der Waals surface area contributed by atoms with Gasteiger partial charge in [-0.05, 0) is 0 Å². The van der Waals surface area contributed by atoms with Crippen LogP contribution in [-0.2, 0) is 0 Å². The first kappa shape index (κ1) is 25.4. The second-order valence-corrected chi connectivity index (χ2v) is 14.9. The monoisotopic (exact) mass is 657 g/mol. The Balaban J connectivity index is 0.00000274. The van der Waals surface area contributed by atoms with Crippen LogP contribution < -0.4 is 45.3 Å². The number of halogens is 1. The van der Waals surface area contributed by atoms with Gasteiger partial charge in [0.05, 0.1) is 0 Å². The molecule has 0 saturated heterocycles. The van der Waals surface area contributed by atoms with Crippen molar-refractivity contribution in [3.05, 3.63) is 121 Å². The molecule has 34 heavy (non-hydrogen) atoms. The molecule has 1 heterocycles. The van der Waals surface area contributed by atoms with Crippen LogP contribution in [0.15, 0.2) is 125 Å². The van der Waals surface area contributed by atoms with E-state index in [4.69, 9.17) is 4.98 Å². The fourth-order valence-electron chi connectivity index (χ4n) is 4.21. The van der Waals surface area contributed by atoms with Crippen LogP contribution in [0.1, 0.15) is 6.92 Å². The van der Waals surface area contributed by atoms with Gasteiger partial charge in [0.1, 0.15) is 0 Å². The van der Waals surface area contributed by atoms with Crippen LogP contribution in [0.4, 0.5) is 0 Å². The smallest absolute Gasteiger partial charge is 1.00 e. The molecule has 0 fully saturated rings. The Hall–Kier alpha value is -1.68. The van der Waals surface area contributed by atoms with Crippen molar-refractivity contribution in [2.45, 2.75) is 10.7 Å². The molecule has 0 bridgehead atoms. The summed E-state index contributed by atoms with van der Waals surface area (Å²) in [5, 5.41) is 4.08. The third kappa shape index (κ3) is 4.85. The first-order chi connectivity index (χ1) is 16.3. The largest absolute Gasteiger partial charge is 1.00 e. The average molecular weight is 656 g/mol. The first-order valence-electron chi connectivity index (χ1n) is 11.1. The standard InChI is InChI=1S/C29H25NPSSe.HI/c1-2-32-29-27(30-28(33-29)23-15-7-3-8-16-23)31(24-17-9-4-10-18-24,25-19-11-5-12-20-25)26-21-13-6-14-22-26;/h3-22H,2H2,1H3;1H/q+1;/p-1. The summed E-state index contributed by atoms with van der Waals surface area (Å²) in [5.74, 6) is 1.05. The number of nitrogens with zero attached hydrogens (tertiary/aromatic N) is 1. The van der Waals surface area contributed by atoms with Gasteiger partial charge in [-0.3, -0.25) is 0 Å². The van der Waals surface area contributed by atoms with E-state index < -0.39 is 7.26 Å². The van der Waals surface area contributed by atoms with E-state index in [-0.39, 0.29) is 38.5 Å². The zero-order chi connectivity index (χ0) is 22.5. The van der Waals surface area contributed by atoms with Gasteiger partial charge < -0.3 is 24.0 Å². The maximum absolute atomic E-state index is 5.51. The third-order valence-corrected chi connectivity index (χ3v) is 14.1. The van der Waals surface area contributed by atoms with Crippen molar-refractivity contribution in [2.75, 3.05) is 5.75 Å². The topological polar surface area (TPSA) is 12.9 Å². The minimum Gasteiger partial charge on any atom is -1.00 e. The van der Waals surface area contributed by atoms with Crippen LogP contribution in [0.5, 0.6) is 0 Å². The van der Waals surface area contributed by atoms with Crippen LogP contribution in [0.3, 0.4) is 0 Å². The normalized spacial score (nSPS) is 11.1. The van der Waals surface area contributed by atoms with Crippen molar-refractivity contribution < 1.29 is 24.0 Å². The molecule has 0 aliphatic carbocycles. The summed E-state index contributed by atoms with van der Waals surface area (Å²) < 4.78 is 2.70. The summed E-state index contributed by atoms with van der Waals surface area (Å²) in [6, 6.07) is 43.9. The number of rotatable bonds is 7. The van der Waals surface area contributed by atoms with E-state index in [0.717, 1.165) is 5.75 Å². The van der Waals surface area contributed by atoms with Gasteiger partial charge >= 0.3 is 208 Å². The van der Waals surface area contributed by atoms with Crippen molar-refractivity contribution >= 4 is 54.9 Å². The molecular formula is C29H25INPSSe. The van der Waals surface area contributed by atoms with E-state index in [1.54, 1.807) is 0 Å². The number of benzene rings is 4. The first-order valence-corrected chi connectivity index (χ1v) is 15.6. The van der Waals surface area contributed by atoms with E-state index in [2.05, 4.69) is 128 Å². The Bertz CT molecular complexity index is 1220. The Morgan fingerprint density at radius 3 is 1.47 bits per heavy atom. The molecule has 170 valence electrons. The molecule has 0 radical (unpaired) electrons. The molecule has 4 aromatic carbocycles. The predicted octanol–water partition coefficient (Wildman–Crippen LogP) is 2.54. The summed E-state index contributed by atoms with van der Waals surface area (Å²) in [6.45, 7) is 2.25. The van der Waals surface area contributed by atoms with E-state index in [9.17, 15) is 0 Å². The maximum atomic E-state index is 5.51. The quantitative estimate of drug-likeness (QED) is 0.116. The summed E-state index contributed by atoms with van der Waals surface area (Å²) in [4.78, 5) is 5.51. The van der Waals surface area contributed by atoms with Crippen LogP contribution >= 0.6 is 19.0 Å². The second kappa shape index (κ2) is 11.8. The van der Waals surface area contributed by atoms with Crippen LogP contribution in [0.2, 0.25) is 0 Å². The van der Waals surface area contributed by atoms with E-state index in [1.807, 2.05) is 11.8 Å². The van der Waals surface area contributed by atoms with Crippen molar-refractivity contribution in [3.63, 3.8) is 0 Å². The van der Waals surface area contributed by atoms with Gasteiger partial charge in [-0.1, -0.05) is 0 Å². The minimum absolute atomic E-state index is 0. The van der Waals surface area contributed by atoms with Gasteiger partial charge in [0.25, 0.3) is 0 Å². The Morgan fingerprint density at radius 1 is 0.647 bits per heavy atom. The zero-order valence-corrected chi connectivity index (χ0v) is 24.4. The Morgan fingerprint density at radius 2 is 1.06 bits per heavy atom. The van der Waals surface area contributed by atoms with Gasteiger partial charge in [-0.15, -0.1) is 0 Å². The number of hydrogen-bond donors (Lipinski definition) is 0. The van der Waals surface area contributed by atoms with E-state index in [1.165, 1.54) is 35.2 Å². The molecule has 0 amide bonds. The van der Waals surface area contributed by atoms with Gasteiger partial charge in [-0.2, -0.15) is 0 Å². The SMILES string of the molecule is CCSc1[se]c(-c2ccccc2)nc1[P+](c1ccccc1)(c1ccccc1)c1ccccc1.[I-]. The second-order valence-electron chi connectivity index (χ2n) is 7.61. The molecule has 1 nitrogen and oxygen atoms in total. The average Bonchev–Trinajstić information content (AvgIpc) is 3.31. The summed E-state index contributed by atoms with van der Waals surface area (Å²) in [6.07, 6.45) is 0. The Labute approximate surface area is 230 Å². The Kier molecular flexibility index (Phi) is 8.85.